The zero-order chi connectivity index (χ0) is 7.98. The third kappa shape index (κ3) is 12.4. The fourth-order valence-electron chi connectivity index (χ4n) is 0.266. The molecule has 0 heterocycles. The van der Waals surface area contributed by atoms with E-state index in [0.29, 0.717) is 0 Å². The summed E-state index contributed by atoms with van der Waals surface area (Å²) in [5.41, 5.74) is 0. The Labute approximate surface area is 74.0 Å². The summed E-state index contributed by atoms with van der Waals surface area (Å²) in [7, 11) is 7.59. The zero-order valence-corrected chi connectivity index (χ0v) is 8.17. The summed E-state index contributed by atoms with van der Waals surface area (Å²) in [5.74, 6) is 0. The molecule has 66 valence electrons. The molecule has 0 saturated carbocycles. The van der Waals surface area contributed by atoms with E-state index in [1.165, 1.54) is 0 Å². The molecule has 11 heavy (non-hydrogen) atoms. The molecule has 4 nitrogen and oxygen atoms in total. The topological polar surface area (TPSA) is 31.2 Å². The van der Waals surface area contributed by atoms with Gasteiger partial charge in [-0.15, -0.1) is 22.6 Å². The maximum Gasteiger partial charge on any atom is 0.113 e. The Morgan fingerprint density at radius 3 is 1.27 bits per heavy atom. The molecule has 5 heteroatoms. The lowest BCUT2D eigenvalue weighted by atomic mass is 10.9. The van der Waals surface area contributed by atoms with Crippen LogP contribution in [0.2, 0.25) is 0 Å². The summed E-state index contributed by atoms with van der Waals surface area (Å²) >= 11 is 0. The number of hydrogen-bond acceptors (Lipinski definition) is 2. The average molecular weight is 179 g/mol. The molecule has 0 fully saturated rings. The quantitative estimate of drug-likeness (QED) is 0.358. The Morgan fingerprint density at radius 2 is 1.09 bits per heavy atom. The van der Waals surface area contributed by atoms with Crippen LogP contribution < -0.4 is 0 Å². The monoisotopic (exact) mass is 178 g/mol. The minimum absolute atomic E-state index is 0. The highest BCUT2D eigenvalue weighted by atomic mass is 35.5. The Bertz CT molecular complexity index is 115. The van der Waals surface area contributed by atoms with Crippen molar-refractivity contribution in [2.75, 3.05) is 28.2 Å². The highest BCUT2D eigenvalue weighted by molar-refractivity contribution is 5.85. The minimum atomic E-state index is 0. The summed E-state index contributed by atoms with van der Waals surface area (Å²) in [6.45, 7) is 0. The molecule has 0 unspecified atom stereocenters. The van der Waals surface area contributed by atoms with Crippen LogP contribution in [0.15, 0.2) is 10.2 Å². The van der Waals surface area contributed by atoms with Crippen molar-refractivity contribution in [3.05, 3.63) is 0 Å². The first-order valence-corrected chi connectivity index (χ1v) is 3.02. The molecule has 0 aromatic carbocycles. The van der Waals surface area contributed by atoms with E-state index in [-0.39, 0.29) is 12.4 Å². The smallest absolute Gasteiger partial charge is 0.113 e. The van der Waals surface area contributed by atoms with Gasteiger partial charge in [0.25, 0.3) is 0 Å². The van der Waals surface area contributed by atoms with Gasteiger partial charge in [-0.3, -0.25) is 0 Å². The predicted octanol–water partition coefficient (Wildman–Crippen LogP) is 0.503. The van der Waals surface area contributed by atoms with Crippen LogP contribution in [0.4, 0.5) is 0 Å². The SMILES string of the molecule is CN(C)/C=N/N=C/N(C)C.Cl. The largest absolute Gasteiger partial charge is 0.367 e. The summed E-state index contributed by atoms with van der Waals surface area (Å²) in [5, 5.41) is 7.48. The molecule has 0 aromatic heterocycles. The van der Waals surface area contributed by atoms with Crippen LogP contribution in [-0.2, 0) is 0 Å². The molecule has 0 saturated heterocycles. The molecular weight excluding hydrogens is 164 g/mol. The van der Waals surface area contributed by atoms with E-state index in [1.54, 1.807) is 12.7 Å². The average Bonchev–Trinajstić information content (AvgIpc) is 1.79. The molecule has 0 rings (SSSR count). The van der Waals surface area contributed by atoms with Crippen LogP contribution in [0.3, 0.4) is 0 Å². The fraction of sp³-hybridized carbons (Fsp3) is 0.667. The lowest BCUT2D eigenvalue weighted by Gasteiger charge is -2.01. The van der Waals surface area contributed by atoms with Crippen molar-refractivity contribution in [1.29, 1.82) is 0 Å². The van der Waals surface area contributed by atoms with Crippen molar-refractivity contribution in [3.8, 4) is 0 Å². The number of halogens is 1. The van der Waals surface area contributed by atoms with Crippen LogP contribution in [0.1, 0.15) is 0 Å². The Kier molecular flexibility index (Phi) is 8.58. The van der Waals surface area contributed by atoms with Crippen LogP contribution in [0, 0.1) is 0 Å². The molecule has 0 bridgehead atoms. The first kappa shape index (κ1) is 12.9. The van der Waals surface area contributed by atoms with E-state index in [2.05, 4.69) is 10.2 Å². The number of hydrogen-bond donors (Lipinski definition) is 0. The van der Waals surface area contributed by atoms with E-state index in [9.17, 15) is 0 Å². The fourth-order valence-corrected chi connectivity index (χ4v) is 0.266. The van der Waals surface area contributed by atoms with E-state index in [0.717, 1.165) is 0 Å². The van der Waals surface area contributed by atoms with Crippen molar-refractivity contribution in [1.82, 2.24) is 9.80 Å². The molecule has 0 radical (unpaired) electrons. The van der Waals surface area contributed by atoms with Gasteiger partial charge < -0.3 is 9.80 Å². The molecule has 0 amide bonds. The summed E-state index contributed by atoms with van der Waals surface area (Å²) in [4.78, 5) is 3.65. The van der Waals surface area contributed by atoms with Gasteiger partial charge in [0.2, 0.25) is 0 Å². The second-order valence-corrected chi connectivity index (χ2v) is 2.39. The molecular formula is C6H15ClN4. The molecule has 0 aliphatic heterocycles. The van der Waals surface area contributed by atoms with Gasteiger partial charge in [-0.05, 0) is 0 Å². The van der Waals surface area contributed by atoms with Crippen LogP contribution >= 0.6 is 12.4 Å². The number of nitrogens with zero attached hydrogens (tertiary/aromatic N) is 4. The van der Waals surface area contributed by atoms with Crippen LogP contribution in [0.25, 0.3) is 0 Å². The van der Waals surface area contributed by atoms with Gasteiger partial charge in [0.15, 0.2) is 0 Å². The normalized spacial score (nSPS) is 10.2. The van der Waals surface area contributed by atoms with Gasteiger partial charge in [-0.25, -0.2) is 0 Å². The first-order chi connectivity index (χ1) is 4.63. The van der Waals surface area contributed by atoms with Gasteiger partial charge in [-0.1, -0.05) is 0 Å². The third-order valence-electron chi connectivity index (χ3n) is 0.632. The summed E-state index contributed by atoms with van der Waals surface area (Å²) in [6.07, 6.45) is 3.28. The molecule has 0 spiro atoms. The standard InChI is InChI=1S/C6H14N4.ClH/c1-9(2)5-7-8-6-10(3)4;/h5-6H,1-4H3;1H/b7-5+,8-6+;. The van der Waals surface area contributed by atoms with Crippen molar-refractivity contribution in [2.45, 2.75) is 0 Å². The van der Waals surface area contributed by atoms with Crippen LogP contribution in [0.5, 0.6) is 0 Å². The predicted molar refractivity (Wildman–Crippen MR) is 51.6 cm³/mol. The van der Waals surface area contributed by atoms with Crippen molar-refractivity contribution >= 4 is 25.1 Å². The van der Waals surface area contributed by atoms with Crippen LogP contribution in [-0.4, -0.2) is 50.7 Å². The summed E-state index contributed by atoms with van der Waals surface area (Å²) in [6, 6.07) is 0. The van der Waals surface area contributed by atoms with Crippen molar-refractivity contribution in [3.63, 3.8) is 0 Å². The maximum atomic E-state index is 3.74. The van der Waals surface area contributed by atoms with E-state index >= 15 is 0 Å². The molecule has 0 aliphatic rings. The highest BCUT2D eigenvalue weighted by Crippen LogP contribution is 1.71. The Morgan fingerprint density at radius 1 is 0.818 bits per heavy atom. The van der Waals surface area contributed by atoms with E-state index in [4.69, 9.17) is 0 Å². The summed E-state index contributed by atoms with van der Waals surface area (Å²) < 4.78 is 0. The minimum Gasteiger partial charge on any atom is -0.367 e. The Hall–Kier alpha value is -0.770. The van der Waals surface area contributed by atoms with Gasteiger partial charge in [0, 0.05) is 28.2 Å². The second-order valence-electron chi connectivity index (χ2n) is 2.39. The first-order valence-electron chi connectivity index (χ1n) is 3.02. The Balaban J connectivity index is 0. The molecule has 0 aliphatic carbocycles. The van der Waals surface area contributed by atoms with Gasteiger partial charge in [-0.2, -0.15) is 0 Å². The zero-order valence-electron chi connectivity index (χ0n) is 7.35. The molecule has 0 aromatic rings. The maximum absolute atomic E-state index is 3.74. The molecule has 0 N–H and O–H groups in total. The van der Waals surface area contributed by atoms with Crippen molar-refractivity contribution < 1.29 is 0 Å². The van der Waals surface area contributed by atoms with Crippen molar-refractivity contribution in [2.24, 2.45) is 10.2 Å². The van der Waals surface area contributed by atoms with Gasteiger partial charge >= 0.3 is 0 Å². The third-order valence-corrected chi connectivity index (χ3v) is 0.632. The van der Waals surface area contributed by atoms with Gasteiger partial charge in [0.1, 0.15) is 12.7 Å². The van der Waals surface area contributed by atoms with Gasteiger partial charge in [0.05, 0.1) is 0 Å². The lowest BCUT2D eigenvalue weighted by Crippen LogP contribution is -2.09. The highest BCUT2D eigenvalue weighted by Gasteiger charge is 1.74. The van der Waals surface area contributed by atoms with E-state index in [1.807, 2.05) is 38.0 Å². The number of rotatable bonds is 3. The molecule has 0 atom stereocenters. The lowest BCUT2D eigenvalue weighted by molar-refractivity contribution is 0.631. The van der Waals surface area contributed by atoms with E-state index < -0.39 is 0 Å². The second kappa shape index (κ2) is 7.34.